The number of hydrogen-bond acceptors (Lipinski definition) is 3. The highest BCUT2D eigenvalue weighted by atomic mass is 32.2. The lowest BCUT2D eigenvalue weighted by Gasteiger charge is -2.37. The molecule has 0 radical (unpaired) electrons. The van der Waals surface area contributed by atoms with E-state index in [1.807, 2.05) is 103 Å². The van der Waals surface area contributed by atoms with E-state index in [1.54, 1.807) is 16.7 Å². The fourth-order valence-electron chi connectivity index (χ4n) is 3.84. The SMILES string of the molecule is Cc1ccccc1C(=O)N(C(=S)N1c2ccccc2Sc2ccccc21)c1ccccc1. The minimum atomic E-state index is -0.146. The lowest BCUT2D eigenvalue weighted by Crippen LogP contribution is -2.45. The van der Waals surface area contributed by atoms with Crippen molar-refractivity contribution in [3.05, 3.63) is 114 Å². The molecule has 5 heteroatoms. The molecule has 5 rings (SSSR count). The quantitative estimate of drug-likeness (QED) is 0.299. The fourth-order valence-corrected chi connectivity index (χ4v) is 5.28. The maximum absolute atomic E-state index is 13.9. The Hall–Kier alpha value is -3.41. The van der Waals surface area contributed by atoms with Crippen LogP contribution in [-0.2, 0) is 0 Å². The number of carbonyl (C=O) groups is 1. The lowest BCUT2D eigenvalue weighted by molar-refractivity contribution is 0.100. The van der Waals surface area contributed by atoms with Gasteiger partial charge in [-0.15, -0.1) is 0 Å². The summed E-state index contributed by atoms with van der Waals surface area (Å²) in [6.07, 6.45) is 0. The van der Waals surface area contributed by atoms with Gasteiger partial charge in [0.2, 0.25) is 0 Å². The molecule has 0 saturated heterocycles. The van der Waals surface area contributed by atoms with Crippen molar-refractivity contribution in [2.75, 3.05) is 9.80 Å². The summed E-state index contributed by atoms with van der Waals surface area (Å²) in [5.74, 6) is -0.146. The van der Waals surface area contributed by atoms with E-state index in [4.69, 9.17) is 12.2 Å². The lowest BCUT2D eigenvalue weighted by atomic mass is 10.1. The standard InChI is InChI=1S/C27H20N2OS2/c1-19-11-5-6-14-21(19)26(30)28(20-12-3-2-4-13-20)27(31)29-22-15-7-9-17-24(22)32-25-18-10-8-16-23(25)29/h2-18H,1H3. The van der Waals surface area contributed by atoms with Crippen LogP contribution in [0.1, 0.15) is 15.9 Å². The van der Waals surface area contributed by atoms with Crippen LogP contribution in [-0.4, -0.2) is 11.0 Å². The smallest absolute Gasteiger partial charge is 0.264 e. The van der Waals surface area contributed by atoms with Gasteiger partial charge in [0, 0.05) is 15.4 Å². The number of amides is 1. The first-order valence-electron chi connectivity index (χ1n) is 10.3. The topological polar surface area (TPSA) is 23.6 Å². The van der Waals surface area contributed by atoms with E-state index >= 15 is 0 Å². The van der Waals surface area contributed by atoms with Crippen LogP contribution >= 0.6 is 24.0 Å². The molecule has 0 unspecified atom stereocenters. The Balaban J connectivity index is 1.68. The van der Waals surface area contributed by atoms with E-state index in [2.05, 4.69) is 12.1 Å². The molecule has 4 aromatic carbocycles. The normalized spacial score (nSPS) is 12.0. The third-order valence-electron chi connectivity index (χ3n) is 5.41. The first-order chi connectivity index (χ1) is 15.6. The van der Waals surface area contributed by atoms with Crippen LogP contribution in [0.3, 0.4) is 0 Å². The number of benzene rings is 4. The summed E-state index contributed by atoms with van der Waals surface area (Å²) in [7, 11) is 0. The molecule has 0 fully saturated rings. The van der Waals surface area contributed by atoms with E-state index in [0.29, 0.717) is 10.7 Å². The summed E-state index contributed by atoms with van der Waals surface area (Å²) in [6, 6.07) is 33.5. The van der Waals surface area contributed by atoms with Gasteiger partial charge in [-0.2, -0.15) is 0 Å². The second-order valence-corrected chi connectivity index (χ2v) is 8.90. The van der Waals surface area contributed by atoms with Gasteiger partial charge in [-0.1, -0.05) is 72.4 Å². The molecule has 1 heterocycles. The van der Waals surface area contributed by atoms with Crippen molar-refractivity contribution in [2.24, 2.45) is 0 Å². The van der Waals surface area contributed by atoms with Crippen LogP contribution in [0.5, 0.6) is 0 Å². The number of nitrogens with zero attached hydrogens (tertiary/aromatic N) is 2. The maximum Gasteiger partial charge on any atom is 0.264 e. The molecule has 0 aliphatic carbocycles. The Morgan fingerprint density at radius 3 is 1.91 bits per heavy atom. The second kappa shape index (κ2) is 8.61. The molecule has 0 aromatic heterocycles. The van der Waals surface area contributed by atoms with Crippen LogP contribution in [0.15, 0.2) is 113 Å². The zero-order chi connectivity index (χ0) is 22.1. The minimum Gasteiger partial charge on any atom is -0.285 e. The van der Waals surface area contributed by atoms with E-state index in [-0.39, 0.29) is 5.91 Å². The van der Waals surface area contributed by atoms with E-state index < -0.39 is 0 Å². The summed E-state index contributed by atoms with van der Waals surface area (Å²) in [6.45, 7) is 1.95. The predicted octanol–water partition coefficient (Wildman–Crippen LogP) is 7.23. The van der Waals surface area contributed by atoms with Gasteiger partial charge in [0.05, 0.1) is 17.1 Å². The molecule has 32 heavy (non-hydrogen) atoms. The molecule has 0 N–H and O–H groups in total. The van der Waals surface area contributed by atoms with Crippen molar-refractivity contribution in [1.82, 2.24) is 0 Å². The number of thiocarbonyl (C=S) groups is 1. The third kappa shape index (κ3) is 3.60. The van der Waals surface area contributed by atoms with Crippen molar-refractivity contribution in [1.29, 1.82) is 0 Å². The van der Waals surface area contributed by atoms with Crippen LogP contribution in [0.25, 0.3) is 0 Å². The van der Waals surface area contributed by atoms with Crippen LogP contribution in [0.4, 0.5) is 17.1 Å². The highest BCUT2D eigenvalue weighted by molar-refractivity contribution is 7.99. The Morgan fingerprint density at radius 2 is 1.28 bits per heavy atom. The molecule has 0 spiro atoms. The van der Waals surface area contributed by atoms with Crippen LogP contribution in [0, 0.1) is 6.92 Å². The second-order valence-electron chi connectivity index (χ2n) is 7.45. The average molecular weight is 453 g/mol. The number of anilines is 3. The molecule has 1 amide bonds. The Bertz CT molecular complexity index is 1270. The molecule has 0 saturated carbocycles. The zero-order valence-corrected chi connectivity index (χ0v) is 19.1. The predicted molar refractivity (Wildman–Crippen MR) is 136 cm³/mol. The van der Waals surface area contributed by atoms with Crippen molar-refractivity contribution in [3.63, 3.8) is 0 Å². The molecule has 4 aromatic rings. The monoisotopic (exact) mass is 452 g/mol. The average Bonchev–Trinajstić information content (AvgIpc) is 2.83. The number of rotatable bonds is 2. The van der Waals surface area contributed by atoms with E-state index in [0.717, 1.165) is 32.4 Å². The van der Waals surface area contributed by atoms with Crippen LogP contribution in [0.2, 0.25) is 0 Å². The van der Waals surface area contributed by atoms with Crippen molar-refractivity contribution < 1.29 is 4.79 Å². The number of para-hydroxylation sites is 3. The van der Waals surface area contributed by atoms with Gasteiger partial charge >= 0.3 is 0 Å². The molecule has 156 valence electrons. The van der Waals surface area contributed by atoms with Gasteiger partial charge in [0.1, 0.15) is 0 Å². The summed E-state index contributed by atoms with van der Waals surface area (Å²) in [4.78, 5) is 19.7. The van der Waals surface area contributed by atoms with Crippen LogP contribution < -0.4 is 9.80 Å². The molecule has 0 bridgehead atoms. The largest absolute Gasteiger partial charge is 0.285 e. The molecule has 1 aliphatic rings. The van der Waals surface area contributed by atoms with E-state index in [9.17, 15) is 4.79 Å². The van der Waals surface area contributed by atoms with Gasteiger partial charge in [0.25, 0.3) is 5.91 Å². The molecule has 3 nitrogen and oxygen atoms in total. The summed E-state index contributed by atoms with van der Waals surface area (Å²) in [5.41, 5.74) is 4.22. The van der Waals surface area contributed by atoms with Gasteiger partial charge in [-0.3, -0.25) is 14.6 Å². The molecular formula is C27H20N2OS2. The number of fused-ring (bicyclic) bond motifs is 2. The number of aryl methyl sites for hydroxylation is 1. The fraction of sp³-hybridized carbons (Fsp3) is 0.0370. The minimum absolute atomic E-state index is 0.146. The Morgan fingerprint density at radius 1 is 0.750 bits per heavy atom. The summed E-state index contributed by atoms with van der Waals surface area (Å²) < 4.78 is 0. The molecular weight excluding hydrogens is 432 g/mol. The number of carbonyl (C=O) groups excluding carboxylic acids is 1. The van der Waals surface area contributed by atoms with Crippen molar-refractivity contribution in [3.8, 4) is 0 Å². The highest BCUT2D eigenvalue weighted by Gasteiger charge is 2.32. The molecule has 0 atom stereocenters. The zero-order valence-electron chi connectivity index (χ0n) is 17.4. The Labute approximate surface area is 197 Å². The third-order valence-corrected chi connectivity index (χ3v) is 6.90. The highest BCUT2D eigenvalue weighted by Crippen LogP contribution is 2.48. The maximum atomic E-state index is 13.9. The van der Waals surface area contributed by atoms with Gasteiger partial charge in [0.15, 0.2) is 5.11 Å². The van der Waals surface area contributed by atoms with Crippen molar-refractivity contribution in [2.45, 2.75) is 16.7 Å². The first-order valence-corrected chi connectivity index (χ1v) is 11.5. The van der Waals surface area contributed by atoms with E-state index in [1.165, 1.54) is 0 Å². The first kappa shape index (κ1) is 20.5. The Kier molecular flexibility index (Phi) is 5.52. The summed E-state index contributed by atoms with van der Waals surface area (Å²) >= 11 is 7.78. The number of hydrogen-bond donors (Lipinski definition) is 0. The van der Waals surface area contributed by atoms with Gasteiger partial charge in [-0.05, 0) is 67.2 Å². The van der Waals surface area contributed by atoms with Gasteiger partial charge in [-0.25, -0.2) is 0 Å². The van der Waals surface area contributed by atoms with Gasteiger partial charge < -0.3 is 0 Å². The summed E-state index contributed by atoms with van der Waals surface area (Å²) in [5, 5.41) is 0.421. The molecule has 1 aliphatic heterocycles. The van der Waals surface area contributed by atoms with Crippen molar-refractivity contribution >= 4 is 52.1 Å².